The van der Waals surface area contributed by atoms with E-state index < -0.39 is 42.1 Å². The Kier molecular flexibility index (Phi) is 7.88. The first-order valence-electron chi connectivity index (χ1n) is 12.3. The summed E-state index contributed by atoms with van der Waals surface area (Å²) in [6.45, 7) is 1.79. The zero-order chi connectivity index (χ0) is 25.8. The summed E-state index contributed by atoms with van der Waals surface area (Å²) in [4.78, 5) is 40.2. The molecule has 2 fully saturated rings. The maximum atomic E-state index is 14.3. The molecule has 9 heteroatoms. The van der Waals surface area contributed by atoms with Gasteiger partial charge in [0, 0.05) is 24.1 Å². The van der Waals surface area contributed by atoms with Gasteiger partial charge in [0.1, 0.15) is 18.0 Å². The fraction of sp³-hybridized carbons (Fsp3) is 0.444. The van der Waals surface area contributed by atoms with Gasteiger partial charge >= 0.3 is 0 Å². The molecule has 1 aliphatic heterocycles. The number of benzene rings is 2. The summed E-state index contributed by atoms with van der Waals surface area (Å²) in [6.07, 6.45) is -1.02. The summed E-state index contributed by atoms with van der Waals surface area (Å²) in [5, 5.41) is 26.6. The van der Waals surface area contributed by atoms with E-state index in [2.05, 4.69) is 10.6 Å². The summed E-state index contributed by atoms with van der Waals surface area (Å²) in [5.41, 5.74) is 1.34. The molecule has 0 radical (unpaired) electrons. The molecule has 36 heavy (non-hydrogen) atoms. The number of rotatable bonds is 9. The second-order valence-corrected chi connectivity index (χ2v) is 9.69. The lowest BCUT2D eigenvalue weighted by atomic mass is 9.98. The van der Waals surface area contributed by atoms with Gasteiger partial charge in [0.05, 0.1) is 12.6 Å². The van der Waals surface area contributed by atoms with Gasteiger partial charge in [0.2, 0.25) is 5.91 Å². The van der Waals surface area contributed by atoms with Crippen molar-refractivity contribution in [2.45, 2.75) is 57.0 Å². The minimum absolute atomic E-state index is 0.0509. The Morgan fingerprint density at radius 3 is 2.53 bits per heavy atom. The SMILES string of the molecule is Cc1c(O)cccc1C(=O)N[C@@H](Cc1ccccc1)[C@H](O)C(=O)N1C[C@@H](F)C[C@H]1C(=O)NCC1CC1. The Hall–Kier alpha value is -3.46. The van der Waals surface area contributed by atoms with Gasteiger partial charge in [-0.15, -0.1) is 0 Å². The van der Waals surface area contributed by atoms with Gasteiger partial charge in [0.15, 0.2) is 6.10 Å². The number of alkyl halides is 1. The van der Waals surface area contributed by atoms with Crippen molar-refractivity contribution in [2.24, 2.45) is 5.92 Å². The van der Waals surface area contributed by atoms with Gasteiger partial charge < -0.3 is 25.7 Å². The lowest BCUT2D eigenvalue weighted by Crippen LogP contribution is -2.56. The molecule has 1 heterocycles. The number of carbonyl (C=O) groups is 3. The van der Waals surface area contributed by atoms with Crippen molar-refractivity contribution in [1.29, 1.82) is 0 Å². The molecule has 8 nitrogen and oxygen atoms in total. The Morgan fingerprint density at radius 1 is 1.11 bits per heavy atom. The summed E-state index contributed by atoms with van der Waals surface area (Å²) in [5.74, 6) is -1.43. The number of aliphatic hydroxyl groups is 1. The van der Waals surface area contributed by atoms with Crippen molar-refractivity contribution in [2.75, 3.05) is 13.1 Å². The second-order valence-electron chi connectivity index (χ2n) is 9.69. The van der Waals surface area contributed by atoms with Gasteiger partial charge in [-0.25, -0.2) is 4.39 Å². The fourth-order valence-corrected chi connectivity index (χ4v) is 4.53. The number of carbonyl (C=O) groups excluding carboxylic acids is 3. The number of nitrogens with one attached hydrogen (secondary N) is 2. The van der Waals surface area contributed by atoms with Crippen molar-refractivity contribution in [3.05, 3.63) is 65.2 Å². The normalized spacial score (nSPS) is 21.0. The Morgan fingerprint density at radius 2 is 1.83 bits per heavy atom. The van der Waals surface area contributed by atoms with Crippen LogP contribution in [0.5, 0.6) is 5.75 Å². The highest BCUT2D eigenvalue weighted by atomic mass is 19.1. The van der Waals surface area contributed by atoms with Crippen LogP contribution in [0.1, 0.15) is 40.7 Å². The van der Waals surface area contributed by atoms with Gasteiger partial charge in [-0.1, -0.05) is 36.4 Å². The van der Waals surface area contributed by atoms with E-state index in [0.717, 1.165) is 23.3 Å². The topological polar surface area (TPSA) is 119 Å². The zero-order valence-electron chi connectivity index (χ0n) is 20.2. The lowest BCUT2D eigenvalue weighted by Gasteiger charge is -2.30. The predicted molar refractivity (Wildman–Crippen MR) is 131 cm³/mol. The van der Waals surface area contributed by atoms with Crippen LogP contribution in [-0.2, 0) is 16.0 Å². The smallest absolute Gasteiger partial charge is 0.254 e. The van der Waals surface area contributed by atoms with Crippen LogP contribution < -0.4 is 10.6 Å². The van der Waals surface area contributed by atoms with Crippen LogP contribution in [0.15, 0.2) is 48.5 Å². The minimum atomic E-state index is -1.71. The molecule has 0 aromatic heterocycles. The van der Waals surface area contributed by atoms with Crippen molar-refractivity contribution < 1.29 is 29.0 Å². The van der Waals surface area contributed by atoms with Gasteiger partial charge in [0.25, 0.3) is 11.8 Å². The van der Waals surface area contributed by atoms with Crippen LogP contribution in [0.3, 0.4) is 0 Å². The highest BCUT2D eigenvalue weighted by molar-refractivity contribution is 5.97. The van der Waals surface area contributed by atoms with E-state index in [9.17, 15) is 29.0 Å². The average molecular weight is 498 g/mol. The molecule has 4 rings (SSSR count). The number of phenols is 1. The Bertz CT molecular complexity index is 1110. The molecule has 2 aliphatic rings. The van der Waals surface area contributed by atoms with E-state index >= 15 is 0 Å². The van der Waals surface area contributed by atoms with Crippen LogP contribution in [0.25, 0.3) is 0 Å². The number of aromatic hydroxyl groups is 1. The molecular weight excluding hydrogens is 465 g/mol. The molecule has 1 saturated carbocycles. The van der Waals surface area contributed by atoms with E-state index in [0.29, 0.717) is 18.0 Å². The molecular formula is C27H32FN3O5. The number of aliphatic hydroxyl groups excluding tert-OH is 1. The quantitative estimate of drug-likeness (QED) is 0.422. The highest BCUT2D eigenvalue weighted by Gasteiger charge is 2.43. The third kappa shape index (κ3) is 6.02. The standard InChI is InChI=1S/C27H32FN3O5/c1-16-20(8-5-9-23(16)32)25(34)30-21(12-17-6-3-2-4-7-17)24(33)27(36)31-15-19(28)13-22(31)26(35)29-14-18-10-11-18/h2-9,18-19,21-22,24,32-33H,10-15H2,1H3,(H,29,35)(H,30,34)/t19-,21-,22-,24-/m0/s1. The summed E-state index contributed by atoms with van der Waals surface area (Å²) in [6, 6.07) is 11.5. The summed E-state index contributed by atoms with van der Waals surface area (Å²) < 4.78 is 14.3. The first-order chi connectivity index (χ1) is 17.2. The summed E-state index contributed by atoms with van der Waals surface area (Å²) in [7, 11) is 0. The maximum Gasteiger partial charge on any atom is 0.254 e. The number of hydrogen-bond acceptors (Lipinski definition) is 5. The third-order valence-electron chi connectivity index (χ3n) is 6.90. The Balaban J connectivity index is 1.53. The van der Waals surface area contributed by atoms with Crippen molar-refractivity contribution >= 4 is 17.7 Å². The monoisotopic (exact) mass is 497 g/mol. The first-order valence-corrected chi connectivity index (χ1v) is 12.3. The van der Waals surface area contributed by atoms with E-state index in [1.54, 1.807) is 31.2 Å². The molecule has 1 aliphatic carbocycles. The van der Waals surface area contributed by atoms with E-state index in [1.807, 2.05) is 6.07 Å². The van der Waals surface area contributed by atoms with Crippen molar-refractivity contribution in [3.8, 4) is 5.75 Å². The number of phenolic OH excluding ortho intramolecular Hbond substituents is 1. The molecule has 2 aromatic rings. The van der Waals surface area contributed by atoms with E-state index in [-0.39, 0.29) is 30.7 Å². The largest absolute Gasteiger partial charge is 0.508 e. The van der Waals surface area contributed by atoms with Gasteiger partial charge in [-0.05, 0) is 49.8 Å². The van der Waals surface area contributed by atoms with Crippen LogP contribution in [0.2, 0.25) is 0 Å². The van der Waals surface area contributed by atoms with Crippen LogP contribution >= 0.6 is 0 Å². The van der Waals surface area contributed by atoms with Crippen molar-refractivity contribution in [1.82, 2.24) is 15.5 Å². The van der Waals surface area contributed by atoms with E-state index in [4.69, 9.17) is 0 Å². The molecule has 4 atom stereocenters. The Labute approximate surface area is 209 Å². The minimum Gasteiger partial charge on any atom is -0.508 e. The van der Waals surface area contributed by atoms with Crippen LogP contribution in [0, 0.1) is 12.8 Å². The number of nitrogens with zero attached hydrogens (tertiary/aromatic N) is 1. The molecule has 0 unspecified atom stereocenters. The number of amides is 3. The molecule has 1 saturated heterocycles. The predicted octanol–water partition coefficient (Wildman–Crippen LogP) is 1.87. The lowest BCUT2D eigenvalue weighted by molar-refractivity contribution is -0.146. The van der Waals surface area contributed by atoms with Crippen LogP contribution in [-0.4, -0.2) is 70.3 Å². The summed E-state index contributed by atoms with van der Waals surface area (Å²) >= 11 is 0. The van der Waals surface area contributed by atoms with Crippen molar-refractivity contribution in [3.63, 3.8) is 0 Å². The molecule has 3 amide bonds. The van der Waals surface area contributed by atoms with Gasteiger partial charge in [-0.3, -0.25) is 14.4 Å². The number of halogens is 1. The number of hydrogen-bond donors (Lipinski definition) is 4. The maximum absolute atomic E-state index is 14.3. The molecule has 0 bridgehead atoms. The zero-order valence-corrected chi connectivity index (χ0v) is 20.2. The first kappa shape index (κ1) is 25.6. The van der Waals surface area contributed by atoms with Crippen LogP contribution in [0.4, 0.5) is 4.39 Å². The molecule has 192 valence electrons. The number of likely N-dealkylation sites (tertiary alicyclic amines) is 1. The highest BCUT2D eigenvalue weighted by Crippen LogP contribution is 2.28. The average Bonchev–Trinajstić information content (AvgIpc) is 3.62. The van der Waals surface area contributed by atoms with E-state index in [1.165, 1.54) is 18.2 Å². The molecule has 2 aromatic carbocycles. The third-order valence-corrected chi connectivity index (χ3v) is 6.90. The van der Waals surface area contributed by atoms with Gasteiger partial charge in [-0.2, -0.15) is 0 Å². The molecule has 4 N–H and O–H groups in total. The molecule has 0 spiro atoms. The second kappa shape index (κ2) is 11.1. The fourth-order valence-electron chi connectivity index (χ4n) is 4.53.